The Hall–Kier alpha value is -0.570. The van der Waals surface area contributed by atoms with Gasteiger partial charge < -0.3 is 10.1 Å². The van der Waals surface area contributed by atoms with Crippen molar-refractivity contribution in [3.63, 3.8) is 0 Å². The van der Waals surface area contributed by atoms with E-state index in [-0.39, 0.29) is 11.4 Å². The molecular formula is C8H13NO2. The minimum atomic E-state index is -0.101. The first kappa shape index (κ1) is 7.10. The van der Waals surface area contributed by atoms with Crippen molar-refractivity contribution in [3.8, 4) is 0 Å². The summed E-state index contributed by atoms with van der Waals surface area (Å²) in [6.07, 6.45) is 1.04. The lowest BCUT2D eigenvalue weighted by Gasteiger charge is -2.09. The fraction of sp³-hybridized carbons (Fsp3) is 0.875. The van der Waals surface area contributed by atoms with Gasteiger partial charge in [-0.1, -0.05) is 0 Å². The molecule has 2 fully saturated rings. The third kappa shape index (κ3) is 0.872. The Kier molecular flexibility index (Phi) is 1.42. The standard InChI is InChI=1S/C8H13NO2/c1-2-11-7(10)8-3-6(8)4-9-5-8/h6,9H,2-5H2,1H3. The molecule has 3 heteroatoms. The highest BCUT2D eigenvalue weighted by atomic mass is 16.5. The van der Waals surface area contributed by atoms with E-state index >= 15 is 0 Å². The molecule has 0 aromatic rings. The zero-order valence-electron chi connectivity index (χ0n) is 6.72. The molecule has 2 aliphatic rings. The lowest BCUT2D eigenvalue weighted by atomic mass is 10.1. The molecular weight excluding hydrogens is 142 g/mol. The Bertz CT molecular complexity index is 193. The molecule has 0 amide bonds. The molecule has 2 rings (SSSR count). The highest BCUT2D eigenvalue weighted by Crippen LogP contribution is 2.55. The van der Waals surface area contributed by atoms with Crippen LogP contribution in [0.2, 0.25) is 0 Å². The maximum Gasteiger partial charge on any atom is 0.313 e. The van der Waals surface area contributed by atoms with Crippen LogP contribution in [0.4, 0.5) is 0 Å². The number of hydrogen-bond donors (Lipinski definition) is 1. The first-order chi connectivity index (χ1) is 5.29. The van der Waals surface area contributed by atoms with E-state index in [1.54, 1.807) is 0 Å². The average Bonchev–Trinajstić information content (AvgIpc) is 2.57. The van der Waals surface area contributed by atoms with E-state index in [1.165, 1.54) is 0 Å². The van der Waals surface area contributed by atoms with Crippen molar-refractivity contribution < 1.29 is 9.53 Å². The van der Waals surface area contributed by atoms with Crippen LogP contribution in [-0.2, 0) is 9.53 Å². The van der Waals surface area contributed by atoms with Crippen LogP contribution in [-0.4, -0.2) is 25.7 Å². The molecule has 2 unspecified atom stereocenters. The molecule has 1 aliphatic heterocycles. The smallest absolute Gasteiger partial charge is 0.313 e. The van der Waals surface area contributed by atoms with E-state index in [0.717, 1.165) is 19.5 Å². The van der Waals surface area contributed by atoms with Crippen LogP contribution >= 0.6 is 0 Å². The molecule has 11 heavy (non-hydrogen) atoms. The Morgan fingerprint density at radius 3 is 3.09 bits per heavy atom. The average molecular weight is 155 g/mol. The number of fused-ring (bicyclic) bond motifs is 1. The van der Waals surface area contributed by atoms with Crippen LogP contribution in [0.15, 0.2) is 0 Å². The van der Waals surface area contributed by atoms with Crippen molar-refractivity contribution >= 4 is 5.97 Å². The van der Waals surface area contributed by atoms with E-state index in [2.05, 4.69) is 5.32 Å². The number of rotatable bonds is 2. The topological polar surface area (TPSA) is 38.3 Å². The number of carbonyl (C=O) groups is 1. The predicted octanol–water partition coefficient (Wildman–Crippen LogP) is 0.159. The van der Waals surface area contributed by atoms with Crippen LogP contribution < -0.4 is 5.32 Å². The fourth-order valence-electron chi connectivity index (χ4n) is 1.93. The van der Waals surface area contributed by atoms with Crippen molar-refractivity contribution in [2.75, 3.05) is 19.7 Å². The van der Waals surface area contributed by atoms with Crippen molar-refractivity contribution in [2.24, 2.45) is 11.3 Å². The summed E-state index contributed by atoms with van der Waals surface area (Å²) < 4.78 is 4.99. The Labute approximate surface area is 66.1 Å². The molecule has 1 heterocycles. The molecule has 0 spiro atoms. The summed E-state index contributed by atoms with van der Waals surface area (Å²) >= 11 is 0. The maximum absolute atomic E-state index is 11.3. The number of carbonyl (C=O) groups excluding carboxylic acids is 1. The van der Waals surface area contributed by atoms with E-state index in [4.69, 9.17) is 4.74 Å². The second kappa shape index (κ2) is 2.21. The number of esters is 1. The van der Waals surface area contributed by atoms with Gasteiger partial charge in [0.25, 0.3) is 0 Å². The monoisotopic (exact) mass is 155 g/mol. The third-order valence-electron chi connectivity index (χ3n) is 2.75. The van der Waals surface area contributed by atoms with Gasteiger partial charge in [0, 0.05) is 6.54 Å². The molecule has 0 radical (unpaired) electrons. The van der Waals surface area contributed by atoms with Gasteiger partial charge in [-0.05, 0) is 25.8 Å². The van der Waals surface area contributed by atoms with Crippen molar-refractivity contribution in [2.45, 2.75) is 13.3 Å². The van der Waals surface area contributed by atoms with Crippen molar-refractivity contribution in [1.82, 2.24) is 5.32 Å². The normalized spacial score (nSPS) is 39.9. The minimum absolute atomic E-state index is 0.00926. The summed E-state index contributed by atoms with van der Waals surface area (Å²) in [6.45, 7) is 4.19. The first-order valence-corrected chi connectivity index (χ1v) is 4.17. The van der Waals surface area contributed by atoms with Crippen molar-refractivity contribution in [3.05, 3.63) is 0 Å². The van der Waals surface area contributed by atoms with Crippen LogP contribution in [0.1, 0.15) is 13.3 Å². The highest BCUT2D eigenvalue weighted by molar-refractivity contribution is 5.81. The summed E-state index contributed by atoms with van der Waals surface area (Å²) in [6, 6.07) is 0. The molecule has 2 atom stereocenters. The molecule has 1 saturated carbocycles. The van der Waals surface area contributed by atoms with Gasteiger partial charge in [-0.3, -0.25) is 4.79 Å². The van der Waals surface area contributed by atoms with Gasteiger partial charge in [-0.2, -0.15) is 0 Å². The van der Waals surface area contributed by atoms with Crippen LogP contribution in [0.25, 0.3) is 0 Å². The van der Waals surface area contributed by atoms with Gasteiger partial charge in [-0.15, -0.1) is 0 Å². The SMILES string of the molecule is CCOC(=O)C12CNCC1C2. The second-order valence-electron chi connectivity index (χ2n) is 3.41. The molecule has 1 N–H and O–H groups in total. The molecule has 0 bridgehead atoms. The summed E-state index contributed by atoms with van der Waals surface area (Å²) in [5.74, 6) is 0.580. The Morgan fingerprint density at radius 1 is 1.82 bits per heavy atom. The van der Waals surface area contributed by atoms with Crippen LogP contribution in [0.5, 0.6) is 0 Å². The Morgan fingerprint density at radius 2 is 2.64 bits per heavy atom. The minimum Gasteiger partial charge on any atom is -0.466 e. The van der Waals surface area contributed by atoms with Gasteiger partial charge in [0.2, 0.25) is 0 Å². The summed E-state index contributed by atoms with van der Waals surface area (Å²) in [5, 5.41) is 3.20. The summed E-state index contributed by atoms with van der Waals surface area (Å²) in [4.78, 5) is 11.3. The molecule has 62 valence electrons. The molecule has 1 saturated heterocycles. The largest absolute Gasteiger partial charge is 0.466 e. The first-order valence-electron chi connectivity index (χ1n) is 4.17. The number of piperidine rings is 1. The third-order valence-corrected chi connectivity index (χ3v) is 2.75. The number of hydrogen-bond acceptors (Lipinski definition) is 3. The summed E-state index contributed by atoms with van der Waals surface area (Å²) in [5.41, 5.74) is -0.101. The van der Waals surface area contributed by atoms with E-state index in [9.17, 15) is 4.79 Å². The maximum atomic E-state index is 11.3. The fourth-order valence-corrected chi connectivity index (χ4v) is 1.93. The molecule has 1 aliphatic carbocycles. The molecule has 0 aromatic heterocycles. The number of ether oxygens (including phenoxy) is 1. The van der Waals surface area contributed by atoms with Gasteiger partial charge >= 0.3 is 5.97 Å². The van der Waals surface area contributed by atoms with Crippen LogP contribution in [0.3, 0.4) is 0 Å². The van der Waals surface area contributed by atoms with Gasteiger partial charge in [0.05, 0.1) is 12.0 Å². The zero-order chi connectivity index (χ0) is 7.90. The summed E-state index contributed by atoms with van der Waals surface area (Å²) in [7, 11) is 0. The zero-order valence-corrected chi connectivity index (χ0v) is 6.72. The Balaban J connectivity index is 1.99. The lowest BCUT2D eigenvalue weighted by molar-refractivity contribution is -0.149. The van der Waals surface area contributed by atoms with Gasteiger partial charge in [-0.25, -0.2) is 0 Å². The second-order valence-corrected chi connectivity index (χ2v) is 3.41. The number of nitrogens with one attached hydrogen (secondary N) is 1. The highest BCUT2D eigenvalue weighted by Gasteiger charge is 2.63. The van der Waals surface area contributed by atoms with Crippen LogP contribution in [0, 0.1) is 11.3 Å². The van der Waals surface area contributed by atoms with Gasteiger partial charge in [0.1, 0.15) is 0 Å². The lowest BCUT2D eigenvalue weighted by Crippen LogP contribution is -2.25. The van der Waals surface area contributed by atoms with E-state index < -0.39 is 0 Å². The predicted molar refractivity (Wildman–Crippen MR) is 40.0 cm³/mol. The van der Waals surface area contributed by atoms with E-state index in [0.29, 0.717) is 12.5 Å². The van der Waals surface area contributed by atoms with Gasteiger partial charge in [0.15, 0.2) is 0 Å². The quantitative estimate of drug-likeness (QED) is 0.577. The molecule has 3 nitrogen and oxygen atoms in total. The van der Waals surface area contributed by atoms with E-state index in [1.807, 2.05) is 6.92 Å². The van der Waals surface area contributed by atoms with Crippen molar-refractivity contribution in [1.29, 1.82) is 0 Å². The molecule has 0 aromatic carbocycles.